The average molecular weight is 236 g/mol. The van der Waals surface area contributed by atoms with Crippen LogP contribution in [0.4, 0.5) is 0 Å². The van der Waals surface area contributed by atoms with E-state index in [1.807, 2.05) is 32.9 Å². The number of rotatable bonds is 5. The average Bonchev–Trinajstić information content (AvgIpc) is 2.27. The van der Waals surface area contributed by atoms with Crippen molar-refractivity contribution in [1.82, 2.24) is 10.3 Å². The molecule has 4 nitrogen and oxygen atoms in total. The summed E-state index contributed by atoms with van der Waals surface area (Å²) in [5.41, 5.74) is 1.91. The summed E-state index contributed by atoms with van der Waals surface area (Å²) in [5.74, 6) is -0.0476. The van der Waals surface area contributed by atoms with E-state index in [0.29, 0.717) is 6.54 Å². The summed E-state index contributed by atoms with van der Waals surface area (Å²) < 4.78 is 0. The fraction of sp³-hybridized carbons (Fsp3) is 0.538. The van der Waals surface area contributed by atoms with Crippen molar-refractivity contribution in [1.29, 1.82) is 0 Å². The summed E-state index contributed by atoms with van der Waals surface area (Å²) >= 11 is 0. The van der Waals surface area contributed by atoms with Crippen LogP contribution in [0.25, 0.3) is 0 Å². The van der Waals surface area contributed by atoms with Gasteiger partial charge in [-0.2, -0.15) is 0 Å². The fourth-order valence-electron chi connectivity index (χ4n) is 1.38. The molecule has 1 unspecified atom stereocenters. The van der Waals surface area contributed by atoms with E-state index in [4.69, 9.17) is 0 Å². The van der Waals surface area contributed by atoms with Gasteiger partial charge in [-0.05, 0) is 24.5 Å². The molecule has 0 saturated carbocycles. The quantitative estimate of drug-likeness (QED) is 0.812. The number of amides is 1. The molecule has 1 rings (SSSR count). The van der Waals surface area contributed by atoms with Gasteiger partial charge in [0.25, 0.3) is 0 Å². The van der Waals surface area contributed by atoms with Crippen LogP contribution in [0.1, 0.15) is 31.5 Å². The summed E-state index contributed by atoms with van der Waals surface area (Å²) in [7, 11) is 0. The van der Waals surface area contributed by atoms with Gasteiger partial charge in [0, 0.05) is 6.20 Å². The van der Waals surface area contributed by atoms with Crippen molar-refractivity contribution >= 4 is 5.91 Å². The Morgan fingerprint density at radius 3 is 2.82 bits per heavy atom. The molecule has 1 heterocycles. The molecule has 0 bridgehead atoms. The zero-order valence-corrected chi connectivity index (χ0v) is 10.6. The molecule has 17 heavy (non-hydrogen) atoms. The van der Waals surface area contributed by atoms with Gasteiger partial charge in [0.2, 0.25) is 5.91 Å². The first-order chi connectivity index (χ1) is 8.00. The number of hydrogen-bond acceptors (Lipinski definition) is 3. The molecule has 0 aliphatic rings. The number of carbonyl (C=O) groups is 1. The molecular weight excluding hydrogens is 216 g/mol. The summed E-state index contributed by atoms with van der Waals surface area (Å²) in [5, 5.41) is 12.3. The third kappa shape index (κ3) is 4.53. The second-order valence-electron chi connectivity index (χ2n) is 4.56. The van der Waals surface area contributed by atoms with Gasteiger partial charge >= 0.3 is 0 Å². The van der Waals surface area contributed by atoms with E-state index in [-0.39, 0.29) is 18.2 Å². The summed E-state index contributed by atoms with van der Waals surface area (Å²) in [6.07, 6.45) is 1.26. The maximum Gasteiger partial charge on any atom is 0.222 e. The molecule has 1 atom stereocenters. The van der Waals surface area contributed by atoms with Crippen molar-refractivity contribution in [3.05, 3.63) is 29.6 Å². The molecular formula is C13H20N2O2. The lowest BCUT2D eigenvalue weighted by atomic mass is 10.0. The highest BCUT2D eigenvalue weighted by Crippen LogP contribution is 2.06. The van der Waals surface area contributed by atoms with Gasteiger partial charge in [0.05, 0.1) is 24.8 Å². The van der Waals surface area contributed by atoms with Crippen LogP contribution >= 0.6 is 0 Å². The summed E-state index contributed by atoms with van der Waals surface area (Å²) in [6, 6.07) is 3.82. The van der Waals surface area contributed by atoms with Crippen molar-refractivity contribution in [2.75, 3.05) is 0 Å². The van der Waals surface area contributed by atoms with E-state index in [0.717, 1.165) is 11.3 Å². The van der Waals surface area contributed by atoms with Crippen LogP contribution in [0.3, 0.4) is 0 Å². The molecule has 0 spiro atoms. The Kier molecular flexibility index (Phi) is 5.10. The third-order valence-corrected chi connectivity index (χ3v) is 2.73. The molecule has 1 aromatic heterocycles. The molecule has 1 amide bonds. The molecule has 1 aromatic rings. The van der Waals surface area contributed by atoms with Crippen molar-refractivity contribution in [2.24, 2.45) is 5.92 Å². The van der Waals surface area contributed by atoms with E-state index in [1.165, 1.54) is 0 Å². The SMILES string of the molecule is Cc1cccnc1CNC(=O)CC(O)C(C)C. The molecule has 0 radical (unpaired) electrons. The van der Waals surface area contributed by atoms with E-state index >= 15 is 0 Å². The smallest absolute Gasteiger partial charge is 0.222 e. The molecule has 0 fully saturated rings. The second kappa shape index (κ2) is 6.35. The Balaban J connectivity index is 2.41. The summed E-state index contributed by atoms with van der Waals surface area (Å²) in [6.45, 7) is 6.15. The lowest BCUT2D eigenvalue weighted by Gasteiger charge is -2.14. The number of nitrogens with zero attached hydrogens (tertiary/aromatic N) is 1. The largest absolute Gasteiger partial charge is 0.392 e. The van der Waals surface area contributed by atoms with Crippen LogP contribution in [-0.2, 0) is 11.3 Å². The number of aliphatic hydroxyl groups excluding tert-OH is 1. The van der Waals surface area contributed by atoms with Gasteiger partial charge in [-0.15, -0.1) is 0 Å². The minimum absolute atomic E-state index is 0.0948. The van der Waals surface area contributed by atoms with Crippen LogP contribution < -0.4 is 5.32 Å². The first kappa shape index (κ1) is 13.6. The first-order valence-corrected chi connectivity index (χ1v) is 5.86. The lowest BCUT2D eigenvalue weighted by molar-refractivity contribution is -0.123. The second-order valence-corrected chi connectivity index (χ2v) is 4.56. The molecule has 0 saturated heterocycles. The summed E-state index contributed by atoms with van der Waals surface area (Å²) in [4.78, 5) is 15.7. The Labute approximate surface area is 102 Å². The van der Waals surface area contributed by atoms with Crippen LogP contribution in [0.15, 0.2) is 18.3 Å². The number of carbonyl (C=O) groups excluding carboxylic acids is 1. The van der Waals surface area contributed by atoms with Crippen molar-refractivity contribution < 1.29 is 9.90 Å². The number of nitrogens with one attached hydrogen (secondary N) is 1. The fourth-order valence-corrected chi connectivity index (χ4v) is 1.38. The zero-order chi connectivity index (χ0) is 12.8. The topological polar surface area (TPSA) is 62.2 Å². The molecule has 4 heteroatoms. The van der Waals surface area contributed by atoms with E-state index in [9.17, 15) is 9.90 Å². The van der Waals surface area contributed by atoms with Gasteiger partial charge in [-0.25, -0.2) is 0 Å². The van der Waals surface area contributed by atoms with Gasteiger partial charge in [0.1, 0.15) is 0 Å². The minimum Gasteiger partial charge on any atom is -0.392 e. The van der Waals surface area contributed by atoms with Gasteiger partial charge < -0.3 is 10.4 Å². The highest BCUT2D eigenvalue weighted by Gasteiger charge is 2.14. The number of hydrogen-bond donors (Lipinski definition) is 2. The van der Waals surface area contributed by atoms with Crippen LogP contribution in [-0.4, -0.2) is 22.1 Å². The van der Waals surface area contributed by atoms with Gasteiger partial charge in [-0.3, -0.25) is 9.78 Å². The number of aryl methyl sites for hydroxylation is 1. The Morgan fingerprint density at radius 1 is 1.53 bits per heavy atom. The zero-order valence-electron chi connectivity index (χ0n) is 10.6. The lowest BCUT2D eigenvalue weighted by Crippen LogP contribution is -2.29. The number of aromatic nitrogens is 1. The van der Waals surface area contributed by atoms with Crippen LogP contribution in [0.2, 0.25) is 0 Å². The minimum atomic E-state index is -0.583. The third-order valence-electron chi connectivity index (χ3n) is 2.73. The van der Waals surface area contributed by atoms with Crippen molar-refractivity contribution in [3.8, 4) is 0 Å². The molecule has 0 aliphatic carbocycles. The van der Waals surface area contributed by atoms with Gasteiger partial charge in [-0.1, -0.05) is 19.9 Å². The number of aliphatic hydroxyl groups is 1. The van der Waals surface area contributed by atoms with Gasteiger partial charge in [0.15, 0.2) is 0 Å². The van der Waals surface area contributed by atoms with E-state index in [1.54, 1.807) is 6.20 Å². The molecule has 94 valence electrons. The molecule has 0 aromatic carbocycles. The Bertz CT molecular complexity index is 377. The highest BCUT2D eigenvalue weighted by atomic mass is 16.3. The van der Waals surface area contributed by atoms with E-state index in [2.05, 4.69) is 10.3 Å². The number of pyridine rings is 1. The Hall–Kier alpha value is -1.42. The molecule has 0 aliphatic heterocycles. The van der Waals surface area contributed by atoms with E-state index < -0.39 is 6.10 Å². The molecule has 2 N–H and O–H groups in total. The highest BCUT2D eigenvalue weighted by molar-refractivity contribution is 5.76. The maximum absolute atomic E-state index is 11.5. The van der Waals surface area contributed by atoms with Crippen LogP contribution in [0, 0.1) is 12.8 Å². The predicted molar refractivity (Wildman–Crippen MR) is 66.3 cm³/mol. The van der Waals surface area contributed by atoms with Crippen LogP contribution in [0.5, 0.6) is 0 Å². The standard InChI is InChI=1S/C13H20N2O2/c1-9(2)12(16)7-13(17)15-8-11-10(3)5-4-6-14-11/h4-6,9,12,16H,7-8H2,1-3H3,(H,15,17). The first-order valence-electron chi connectivity index (χ1n) is 5.86. The maximum atomic E-state index is 11.5. The van der Waals surface area contributed by atoms with Crippen molar-refractivity contribution in [3.63, 3.8) is 0 Å². The normalized spacial score (nSPS) is 12.5. The monoisotopic (exact) mass is 236 g/mol. The van der Waals surface area contributed by atoms with Crippen molar-refractivity contribution in [2.45, 2.75) is 39.8 Å². The predicted octanol–water partition coefficient (Wildman–Crippen LogP) is 1.41. The Morgan fingerprint density at radius 2 is 2.24 bits per heavy atom.